The Morgan fingerprint density at radius 1 is 1.47 bits per heavy atom. The highest BCUT2D eigenvalue weighted by Gasteiger charge is 2.46. The zero-order valence-corrected chi connectivity index (χ0v) is 12.6. The number of nitrogens with zero attached hydrogens (tertiary/aromatic N) is 1. The lowest BCUT2D eigenvalue weighted by Gasteiger charge is -2.20. The third kappa shape index (κ3) is 2.35. The van der Waals surface area contributed by atoms with Gasteiger partial charge in [0.25, 0.3) is 0 Å². The molecule has 1 aromatic rings. The summed E-state index contributed by atoms with van der Waals surface area (Å²) in [5.41, 5.74) is 3.94. The Morgan fingerprint density at radius 2 is 2.12 bits per heavy atom. The van der Waals surface area contributed by atoms with Gasteiger partial charge in [-0.25, -0.2) is 0 Å². The molecule has 0 radical (unpaired) electrons. The van der Waals surface area contributed by atoms with Crippen molar-refractivity contribution in [2.75, 3.05) is 7.11 Å². The predicted octanol–water partition coefficient (Wildman–Crippen LogP) is 3.81. The molecule has 1 saturated carbocycles. The molecule has 0 N–H and O–H groups in total. The summed E-state index contributed by atoms with van der Waals surface area (Å²) < 4.78 is 5.46. The fourth-order valence-corrected chi connectivity index (χ4v) is 3.08. The number of aryl methyl sites for hydroxylation is 1. The molecule has 3 heteroatoms. The van der Waals surface area contributed by atoms with Crippen molar-refractivity contribution in [3.05, 3.63) is 23.0 Å². The van der Waals surface area contributed by atoms with E-state index in [-0.39, 0.29) is 0 Å². The van der Waals surface area contributed by atoms with Crippen LogP contribution in [-0.4, -0.2) is 16.9 Å². The molecule has 1 aliphatic rings. The first-order valence-electron chi connectivity index (χ1n) is 6.13. The molecule has 0 spiro atoms. The second kappa shape index (κ2) is 4.60. The normalized spacial score (nSPS) is 18.9. The molecular formula is C14H20BrNO. The van der Waals surface area contributed by atoms with Gasteiger partial charge in [0.15, 0.2) is 0 Å². The van der Waals surface area contributed by atoms with E-state index in [9.17, 15) is 0 Å². The summed E-state index contributed by atoms with van der Waals surface area (Å²) in [6.07, 6.45) is 5.59. The quantitative estimate of drug-likeness (QED) is 0.789. The van der Waals surface area contributed by atoms with Crippen molar-refractivity contribution in [2.45, 2.75) is 44.9 Å². The van der Waals surface area contributed by atoms with Crippen LogP contribution in [0.1, 0.15) is 36.6 Å². The molecule has 0 aliphatic heterocycles. The topological polar surface area (TPSA) is 22.1 Å². The molecule has 1 atom stereocenters. The van der Waals surface area contributed by atoms with Gasteiger partial charge in [0, 0.05) is 27.8 Å². The second-order valence-electron chi connectivity index (χ2n) is 5.20. The van der Waals surface area contributed by atoms with Crippen LogP contribution in [0.3, 0.4) is 0 Å². The lowest BCUT2D eigenvalue weighted by molar-refractivity contribution is 0.405. The molecule has 0 aromatic carbocycles. The summed E-state index contributed by atoms with van der Waals surface area (Å²) >= 11 is 3.73. The molecule has 2 rings (SSSR count). The number of pyridine rings is 1. The van der Waals surface area contributed by atoms with Gasteiger partial charge in [-0.3, -0.25) is 4.98 Å². The van der Waals surface area contributed by atoms with E-state index in [4.69, 9.17) is 4.74 Å². The fourth-order valence-electron chi connectivity index (χ4n) is 2.46. The van der Waals surface area contributed by atoms with E-state index >= 15 is 0 Å². The third-order valence-corrected chi connectivity index (χ3v) is 4.98. The molecule has 1 heterocycles. The Kier molecular flexibility index (Phi) is 3.48. The van der Waals surface area contributed by atoms with Gasteiger partial charge in [-0.1, -0.05) is 22.9 Å². The van der Waals surface area contributed by atoms with Gasteiger partial charge in [-0.2, -0.15) is 0 Å². The highest BCUT2D eigenvalue weighted by atomic mass is 79.9. The largest absolute Gasteiger partial charge is 0.496 e. The fraction of sp³-hybridized carbons (Fsp3) is 0.643. The molecule has 1 aliphatic carbocycles. The Bertz CT molecular complexity index is 424. The summed E-state index contributed by atoms with van der Waals surface area (Å²) in [4.78, 5) is 5.15. The molecule has 94 valence electrons. The first kappa shape index (κ1) is 12.9. The van der Waals surface area contributed by atoms with E-state index in [0.29, 0.717) is 10.2 Å². The maximum Gasteiger partial charge on any atom is 0.128 e. The number of ether oxygens (including phenoxy) is 1. The van der Waals surface area contributed by atoms with Crippen molar-refractivity contribution >= 4 is 15.9 Å². The van der Waals surface area contributed by atoms with E-state index in [1.54, 1.807) is 7.11 Å². The average Bonchev–Trinajstić information content (AvgIpc) is 3.04. The molecule has 1 fully saturated rings. The van der Waals surface area contributed by atoms with Crippen LogP contribution in [0.25, 0.3) is 0 Å². The number of halogens is 1. The van der Waals surface area contributed by atoms with Gasteiger partial charge in [0.2, 0.25) is 0 Å². The smallest absolute Gasteiger partial charge is 0.128 e. The van der Waals surface area contributed by atoms with E-state index < -0.39 is 0 Å². The van der Waals surface area contributed by atoms with Gasteiger partial charge in [0.05, 0.1) is 7.11 Å². The van der Waals surface area contributed by atoms with Crippen molar-refractivity contribution < 1.29 is 4.74 Å². The van der Waals surface area contributed by atoms with Crippen LogP contribution < -0.4 is 4.74 Å². The molecule has 0 amide bonds. The Morgan fingerprint density at radius 3 is 2.59 bits per heavy atom. The SMILES string of the molecule is COc1c(C)cnc(CC2(C(C)Br)CC2)c1C. The zero-order chi connectivity index (χ0) is 12.6. The number of methoxy groups -OCH3 is 1. The van der Waals surface area contributed by atoms with Crippen molar-refractivity contribution in [1.29, 1.82) is 0 Å². The lowest BCUT2D eigenvalue weighted by Crippen LogP contribution is -2.17. The number of rotatable bonds is 4. The zero-order valence-electron chi connectivity index (χ0n) is 11.0. The van der Waals surface area contributed by atoms with Crippen LogP contribution in [0.4, 0.5) is 0 Å². The van der Waals surface area contributed by atoms with Crippen LogP contribution in [-0.2, 0) is 6.42 Å². The van der Waals surface area contributed by atoms with Gasteiger partial charge in [-0.15, -0.1) is 0 Å². The summed E-state index contributed by atoms with van der Waals surface area (Å²) in [6, 6.07) is 0. The summed E-state index contributed by atoms with van der Waals surface area (Å²) in [5, 5.41) is 0. The molecule has 1 unspecified atom stereocenters. The van der Waals surface area contributed by atoms with Crippen molar-refractivity contribution in [3.63, 3.8) is 0 Å². The van der Waals surface area contributed by atoms with Crippen LogP contribution >= 0.6 is 15.9 Å². The van der Waals surface area contributed by atoms with Crippen LogP contribution in [0.15, 0.2) is 6.20 Å². The predicted molar refractivity (Wildman–Crippen MR) is 74.0 cm³/mol. The van der Waals surface area contributed by atoms with E-state index in [1.165, 1.54) is 24.1 Å². The summed E-state index contributed by atoms with van der Waals surface area (Å²) in [5.74, 6) is 0.994. The molecule has 0 saturated heterocycles. The highest BCUT2D eigenvalue weighted by Crippen LogP contribution is 2.54. The molecule has 2 nitrogen and oxygen atoms in total. The molecular weight excluding hydrogens is 278 g/mol. The lowest BCUT2D eigenvalue weighted by atomic mass is 9.94. The molecule has 0 bridgehead atoms. The Labute approximate surface area is 112 Å². The van der Waals surface area contributed by atoms with Crippen molar-refractivity contribution in [2.24, 2.45) is 5.41 Å². The minimum absolute atomic E-state index is 0.429. The van der Waals surface area contributed by atoms with E-state index in [2.05, 4.69) is 34.8 Å². The summed E-state index contributed by atoms with van der Waals surface area (Å²) in [6.45, 7) is 6.40. The maximum absolute atomic E-state index is 5.46. The van der Waals surface area contributed by atoms with Crippen LogP contribution in [0.2, 0.25) is 0 Å². The van der Waals surface area contributed by atoms with E-state index in [0.717, 1.165) is 17.7 Å². The number of aromatic nitrogens is 1. The highest BCUT2D eigenvalue weighted by molar-refractivity contribution is 9.09. The second-order valence-corrected chi connectivity index (χ2v) is 6.57. The van der Waals surface area contributed by atoms with Crippen molar-refractivity contribution in [1.82, 2.24) is 4.98 Å². The van der Waals surface area contributed by atoms with Gasteiger partial charge in [-0.05, 0) is 38.5 Å². The number of alkyl halides is 1. The maximum atomic E-state index is 5.46. The Hall–Kier alpha value is -0.570. The number of hydrogen-bond donors (Lipinski definition) is 0. The summed E-state index contributed by atoms with van der Waals surface area (Å²) in [7, 11) is 1.74. The minimum atomic E-state index is 0.429. The van der Waals surface area contributed by atoms with Crippen LogP contribution in [0.5, 0.6) is 5.75 Å². The molecule has 1 aromatic heterocycles. The first-order chi connectivity index (χ1) is 8.00. The van der Waals surface area contributed by atoms with E-state index in [1.807, 2.05) is 13.1 Å². The monoisotopic (exact) mass is 297 g/mol. The van der Waals surface area contributed by atoms with Crippen molar-refractivity contribution in [3.8, 4) is 5.75 Å². The first-order valence-corrected chi connectivity index (χ1v) is 7.05. The van der Waals surface area contributed by atoms with Gasteiger partial charge in [0.1, 0.15) is 5.75 Å². The van der Waals surface area contributed by atoms with Crippen LogP contribution in [0, 0.1) is 19.3 Å². The standard InChI is InChI=1S/C14H20BrNO/c1-9-8-16-12(10(2)13(9)17-4)7-14(5-6-14)11(3)15/h8,11H,5-7H2,1-4H3. The Balaban J connectivity index is 2.28. The molecule has 17 heavy (non-hydrogen) atoms. The minimum Gasteiger partial charge on any atom is -0.496 e. The average molecular weight is 298 g/mol. The van der Waals surface area contributed by atoms with Gasteiger partial charge < -0.3 is 4.74 Å². The van der Waals surface area contributed by atoms with Gasteiger partial charge >= 0.3 is 0 Å². The third-order valence-electron chi connectivity index (χ3n) is 4.01. The number of hydrogen-bond acceptors (Lipinski definition) is 2.